The number of carboxylic acids is 1. The molecule has 1 amide bonds. The van der Waals surface area contributed by atoms with Crippen molar-refractivity contribution in [3.8, 4) is 11.8 Å². The van der Waals surface area contributed by atoms with Gasteiger partial charge >= 0.3 is 5.97 Å². The average Bonchev–Trinajstić information content (AvgIpc) is 3.14. The van der Waals surface area contributed by atoms with Crippen LogP contribution in [0.15, 0.2) is 29.0 Å². The van der Waals surface area contributed by atoms with Gasteiger partial charge in [-0.05, 0) is 23.6 Å². The highest BCUT2D eigenvalue weighted by Gasteiger charge is 2.23. The highest BCUT2D eigenvalue weighted by atomic mass is 32.1. The Labute approximate surface area is 155 Å². The number of hydrogen-bond acceptors (Lipinski definition) is 4. The van der Waals surface area contributed by atoms with E-state index in [1.54, 1.807) is 17.4 Å². The number of hydrogen-bond donors (Lipinski definition) is 2. The summed E-state index contributed by atoms with van der Waals surface area (Å²) in [5.41, 5.74) is 0.953. The van der Waals surface area contributed by atoms with E-state index in [0.29, 0.717) is 15.9 Å². The summed E-state index contributed by atoms with van der Waals surface area (Å²) in [6, 6.07) is 5.06. The molecule has 2 aromatic rings. The maximum absolute atomic E-state index is 12.4. The minimum absolute atomic E-state index is 0.0997. The number of rotatable bonds is 6. The van der Waals surface area contributed by atoms with Crippen LogP contribution in [-0.4, -0.2) is 55.2 Å². The summed E-state index contributed by atoms with van der Waals surface area (Å²) in [5.74, 6) is 4.91. The molecule has 0 aromatic carbocycles. The molecule has 0 aliphatic carbocycles. The van der Waals surface area contributed by atoms with Gasteiger partial charge in [-0.3, -0.25) is 9.59 Å². The molecule has 0 unspecified atom stereocenters. The lowest BCUT2D eigenvalue weighted by molar-refractivity contribution is -0.871. The van der Waals surface area contributed by atoms with Crippen LogP contribution in [0.3, 0.4) is 0 Å². The van der Waals surface area contributed by atoms with Crippen molar-refractivity contribution in [3.05, 3.63) is 44.3 Å². The maximum Gasteiger partial charge on any atom is 0.305 e. The molecule has 0 fully saturated rings. The summed E-state index contributed by atoms with van der Waals surface area (Å²) in [6.07, 6.45) is -0.0997. The van der Waals surface area contributed by atoms with Gasteiger partial charge in [0.2, 0.25) is 0 Å². The van der Waals surface area contributed by atoms with Crippen molar-refractivity contribution >= 4 is 34.6 Å². The lowest BCUT2D eigenvalue weighted by Crippen LogP contribution is -2.49. The van der Waals surface area contributed by atoms with Crippen LogP contribution in [-0.2, 0) is 4.79 Å². The largest absolute Gasteiger partial charge is 0.481 e. The molecular formula is C18H21N2O3S2+. The first kappa shape index (κ1) is 19.2. The van der Waals surface area contributed by atoms with Gasteiger partial charge in [0.15, 0.2) is 0 Å². The maximum atomic E-state index is 12.4. The number of amides is 1. The van der Waals surface area contributed by atoms with Gasteiger partial charge in [-0.2, -0.15) is 11.3 Å². The predicted molar refractivity (Wildman–Crippen MR) is 101 cm³/mol. The number of nitrogens with zero attached hydrogens (tertiary/aromatic N) is 1. The van der Waals surface area contributed by atoms with Crippen LogP contribution in [0.2, 0.25) is 0 Å². The first-order valence-electron chi connectivity index (χ1n) is 7.70. The molecule has 7 heteroatoms. The van der Waals surface area contributed by atoms with E-state index in [2.05, 4.69) is 17.2 Å². The Balaban J connectivity index is 2.04. The van der Waals surface area contributed by atoms with Crippen molar-refractivity contribution in [1.29, 1.82) is 0 Å². The average molecular weight is 378 g/mol. The van der Waals surface area contributed by atoms with Gasteiger partial charge in [-0.15, -0.1) is 11.3 Å². The monoisotopic (exact) mass is 377 g/mol. The zero-order valence-corrected chi connectivity index (χ0v) is 16.0. The number of carbonyl (C=O) groups is 2. The third-order valence-corrected chi connectivity index (χ3v) is 4.89. The summed E-state index contributed by atoms with van der Waals surface area (Å²) >= 11 is 2.90. The lowest BCUT2D eigenvalue weighted by atomic mass is 10.2. The molecule has 0 radical (unpaired) electrons. The highest BCUT2D eigenvalue weighted by Crippen LogP contribution is 2.16. The number of nitrogens with one attached hydrogen (secondary N) is 1. The molecule has 2 rings (SSSR count). The quantitative estimate of drug-likeness (QED) is 0.600. The Morgan fingerprint density at radius 2 is 2.00 bits per heavy atom. The van der Waals surface area contributed by atoms with Crippen LogP contribution in [0.25, 0.3) is 0 Å². The topological polar surface area (TPSA) is 66.4 Å². The second-order valence-electron chi connectivity index (χ2n) is 6.67. The van der Waals surface area contributed by atoms with Gasteiger partial charge in [-0.1, -0.05) is 11.8 Å². The van der Waals surface area contributed by atoms with E-state index < -0.39 is 12.0 Å². The fourth-order valence-corrected chi connectivity index (χ4v) is 3.64. The summed E-state index contributed by atoms with van der Waals surface area (Å²) in [6.45, 7) is 0.536. The van der Waals surface area contributed by atoms with Gasteiger partial charge in [0, 0.05) is 10.9 Å². The molecule has 0 saturated carbocycles. The Morgan fingerprint density at radius 1 is 1.24 bits per heavy atom. The molecule has 25 heavy (non-hydrogen) atoms. The minimum Gasteiger partial charge on any atom is -0.481 e. The number of thiophene rings is 2. The van der Waals surface area contributed by atoms with Crippen molar-refractivity contribution in [2.45, 2.75) is 12.5 Å². The Kier molecular flexibility index (Phi) is 6.37. The summed E-state index contributed by atoms with van der Waals surface area (Å²) in [4.78, 5) is 24.8. The Bertz CT molecular complexity index is 792. The van der Waals surface area contributed by atoms with Crippen LogP contribution in [0.1, 0.15) is 26.5 Å². The Hall–Kier alpha value is -2.14. The lowest BCUT2D eigenvalue weighted by Gasteiger charge is -2.29. The van der Waals surface area contributed by atoms with Crippen LogP contribution in [0, 0.1) is 11.8 Å². The number of carbonyl (C=O) groups excluding carboxylic acids is 1. The van der Waals surface area contributed by atoms with Crippen molar-refractivity contribution in [2.24, 2.45) is 0 Å². The first-order chi connectivity index (χ1) is 11.7. The van der Waals surface area contributed by atoms with E-state index in [1.807, 2.05) is 44.0 Å². The number of quaternary nitrogens is 1. The van der Waals surface area contributed by atoms with Gasteiger partial charge < -0.3 is 14.9 Å². The second kappa shape index (κ2) is 8.30. The minimum atomic E-state index is -0.924. The van der Waals surface area contributed by atoms with Gasteiger partial charge in [0.1, 0.15) is 0 Å². The number of likely N-dealkylation sites (N-methyl/N-ethyl adjacent to an activating group) is 1. The SMILES string of the molecule is C[N+](C)(C)C[C@@H](CC(=O)O)NC(=O)c1ccc(C#Cc2ccsc2)s1. The number of carboxylic acid groups (broad SMARTS) is 1. The fraction of sp³-hybridized carbons (Fsp3) is 0.333. The van der Waals surface area contributed by atoms with Crippen molar-refractivity contribution in [1.82, 2.24) is 5.32 Å². The van der Waals surface area contributed by atoms with Crippen LogP contribution in [0.4, 0.5) is 0 Å². The third kappa shape index (κ3) is 6.70. The van der Waals surface area contributed by atoms with E-state index in [9.17, 15) is 9.59 Å². The molecular weight excluding hydrogens is 356 g/mol. The van der Waals surface area contributed by atoms with Gasteiger partial charge in [0.05, 0.1) is 49.9 Å². The summed E-state index contributed by atoms with van der Waals surface area (Å²) < 4.78 is 0.569. The molecule has 2 heterocycles. The van der Waals surface area contributed by atoms with Gasteiger partial charge in [0.25, 0.3) is 5.91 Å². The Morgan fingerprint density at radius 3 is 2.60 bits per heavy atom. The first-order valence-corrected chi connectivity index (χ1v) is 9.46. The molecule has 0 bridgehead atoms. The molecule has 0 spiro atoms. The zero-order valence-electron chi connectivity index (χ0n) is 14.4. The molecule has 0 saturated heterocycles. The standard InChI is InChI=1S/C18H20N2O3S2/c1-20(2,3)11-14(10-17(21)22)19-18(23)16-7-6-15(25-16)5-4-13-8-9-24-12-13/h6-9,12,14H,10-11H2,1-3H3,(H-,19,21,22,23)/p+1/t14-/m1/s1. The van der Waals surface area contributed by atoms with Gasteiger partial charge in [-0.25, -0.2) is 0 Å². The van der Waals surface area contributed by atoms with E-state index in [4.69, 9.17) is 5.11 Å². The smallest absolute Gasteiger partial charge is 0.305 e. The molecule has 5 nitrogen and oxygen atoms in total. The zero-order chi connectivity index (χ0) is 18.4. The summed E-state index contributed by atoms with van der Waals surface area (Å²) in [5, 5.41) is 15.8. The fourth-order valence-electron chi connectivity index (χ4n) is 2.29. The van der Waals surface area contributed by atoms with E-state index in [-0.39, 0.29) is 12.3 Å². The van der Waals surface area contributed by atoms with Crippen LogP contribution < -0.4 is 5.32 Å². The molecule has 132 valence electrons. The predicted octanol–water partition coefficient (Wildman–Crippen LogP) is 2.49. The normalized spacial score (nSPS) is 12.1. The van der Waals surface area contributed by atoms with Crippen molar-refractivity contribution < 1.29 is 19.2 Å². The molecule has 2 aromatic heterocycles. The van der Waals surface area contributed by atoms with Crippen molar-refractivity contribution in [3.63, 3.8) is 0 Å². The summed E-state index contributed by atoms with van der Waals surface area (Å²) in [7, 11) is 5.89. The van der Waals surface area contributed by atoms with E-state index >= 15 is 0 Å². The molecule has 2 N–H and O–H groups in total. The third-order valence-electron chi connectivity index (χ3n) is 3.21. The van der Waals surface area contributed by atoms with Crippen molar-refractivity contribution in [2.75, 3.05) is 27.7 Å². The van der Waals surface area contributed by atoms with E-state index in [1.165, 1.54) is 11.3 Å². The van der Waals surface area contributed by atoms with Crippen LogP contribution in [0.5, 0.6) is 0 Å². The van der Waals surface area contributed by atoms with Crippen LogP contribution >= 0.6 is 22.7 Å². The molecule has 1 atom stereocenters. The highest BCUT2D eigenvalue weighted by molar-refractivity contribution is 7.14. The molecule has 0 aliphatic rings. The number of aliphatic carboxylic acids is 1. The van der Waals surface area contributed by atoms with E-state index in [0.717, 1.165) is 10.4 Å². The molecule has 0 aliphatic heterocycles. The second-order valence-corrected chi connectivity index (χ2v) is 8.53.